The third-order valence-corrected chi connectivity index (χ3v) is 13.5. The van der Waals surface area contributed by atoms with Crippen molar-refractivity contribution < 1.29 is 33.0 Å². The average Bonchev–Trinajstić information content (AvgIpc) is 3.84. The number of nitrogens with one attached hydrogen (secondary N) is 1. The fraction of sp³-hybridized carbons (Fsp3) is 0.444. The maximum Gasteiger partial charge on any atom is 0.412 e. The van der Waals surface area contributed by atoms with Crippen molar-refractivity contribution >= 4 is 31.9 Å². The first-order chi connectivity index (χ1) is 22.5. The number of benzene rings is 3. The van der Waals surface area contributed by atoms with Crippen LogP contribution >= 0.6 is 0 Å². The summed E-state index contributed by atoms with van der Waals surface area (Å²) in [7, 11) is -1.88. The lowest BCUT2D eigenvalue weighted by molar-refractivity contribution is 0.0942. The molecule has 10 nitrogen and oxygen atoms in total. The highest BCUT2D eigenvalue weighted by atomic mass is 28.4. The lowest BCUT2D eigenvalue weighted by Gasteiger charge is -2.36. The van der Waals surface area contributed by atoms with Crippen molar-refractivity contribution in [3.63, 3.8) is 0 Å². The molecule has 47 heavy (non-hydrogen) atoms. The van der Waals surface area contributed by atoms with Crippen LogP contribution in [0.25, 0.3) is 0 Å². The normalized spacial score (nSPS) is 18.0. The Labute approximate surface area is 279 Å². The lowest BCUT2D eigenvalue weighted by Crippen LogP contribution is -2.48. The summed E-state index contributed by atoms with van der Waals surface area (Å²) in [4.78, 5) is 29.3. The maximum atomic E-state index is 12.7. The fourth-order valence-electron chi connectivity index (χ4n) is 4.91. The first kappa shape index (κ1) is 34.3. The first-order valence-corrected chi connectivity index (χ1v) is 19.1. The van der Waals surface area contributed by atoms with Crippen LogP contribution in [0.15, 0.2) is 78.9 Å². The van der Waals surface area contributed by atoms with Crippen molar-refractivity contribution in [3.8, 4) is 5.75 Å². The van der Waals surface area contributed by atoms with Gasteiger partial charge >= 0.3 is 12.2 Å². The van der Waals surface area contributed by atoms with Gasteiger partial charge in [0.05, 0.1) is 12.3 Å². The van der Waals surface area contributed by atoms with E-state index in [4.69, 9.17) is 23.4 Å². The third kappa shape index (κ3) is 9.72. The monoisotopic (exact) mass is 661 g/mol. The van der Waals surface area contributed by atoms with Gasteiger partial charge in [0, 0.05) is 37.9 Å². The van der Waals surface area contributed by atoms with E-state index in [1.54, 1.807) is 4.90 Å². The van der Waals surface area contributed by atoms with E-state index in [1.165, 1.54) is 0 Å². The number of anilines is 2. The first-order valence-electron chi connectivity index (χ1n) is 16.2. The van der Waals surface area contributed by atoms with Gasteiger partial charge in [-0.2, -0.15) is 0 Å². The topological polar surface area (TPSA) is 102 Å². The lowest BCUT2D eigenvalue weighted by atomic mass is 10.2. The van der Waals surface area contributed by atoms with Crippen molar-refractivity contribution in [2.75, 3.05) is 49.6 Å². The summed E-state index contributed by atoms with van der Waals surface area (Å²) in [6, 6.07) is 24.9. The molecule has 0 unspecified atom stereocenters. The van der Waals surface area contributed by atoms with E-state index >= 15 is 0 Å². The number of nitrogens with zero attached hydrogens (tertiary/aromatic N) is 2. The van der Waals surface area contributed by atoms with E-state index < -0.39 is 14.4 Å². The molecule has 11 heteroatoms. The number of amides is 2. The van der Waals surface area contributed by atoms with Crippen molar-refractivity contribution in [1.82, 2.24) is 4.90 Å². The maximum absolute atomic E-state index is 12.7. The summed E-state index contributed by atoms with van der Waals surface area (Å²) in [5.41, 5.74) is 3.28. The number of epoxide rings is 1. The molecule has 0 spiro atoms. The van der Waals surface area contributed by atoms with Gasteiger partial charge in [0.15, 0.2) is 8.32 Å². The van der Waals surface area contributed by atoms with Crippen molar-refractivity contribution in [2.45, 2.75) is 64.3 Å². The van der Waals surface area contributed by atoms with Crippen LogP contribution in [0.1, 0.15) is 31.9 Å². The molecule has 0 bridgehead atoms. The molecule has 2 fully saturated rings. The van der Waals surface area contributed by atoms with E-state index in [0.717, 1.165) is 16.8 Å². The van der Waals surface area contributed by atoms with Crippen LogP contribution in [0.4, 0.5) is 21.0 Å². The summed E-state index contributed by atoms with van der Waals surface area (Å²) in [6.07, 6.45) is -0.999. The average molecular weight is 662 g/mol. The number of piperazine rings is 1. The molecule has 252 valence electrons. The summed E-state index contributed by atoms with van der Waals surface area (Å²) in [5.74, 6) is 0.517. The number of carbonyl (C=O) groups is 2. The molecule has 0 saturated carbocycles. The second kappa shape index (κ2) is 15.2. The highest BCUT2D eigenvalue weighted by molar-refractivity contribution is 6.74. The van der Waals surface area contributed by atoms with Crippen LogP contribution in [0.5, 0.6) is 5.75 Å². The molecule has 2 amide bonds. The number of hydrogen-bond donors (Lipinski definition) is 1. The number of ether oxygens (including phenoxy) is 4. The van der Waals surface area contributed by atoms with Gasteiger partial charge in [-0.15, -0.1) is 0 Å². The summed E-state index contributed by atoms with van der Waals surface area (Å²) >= 11 is 0. The number of carbonyl (C=O) groups excluding carboxylic acids is 2. The van der Waals surface area contributed by atoms with Crippen molar-refractivity contribution in [2.24, 2.45) is 0 Å². The second-order valence-corrected chi connectivity index (χ2v) is 18.3. The summed E-state index contributed by atoms with van der Waals surface area (Å²) < 4.78 is 29.5. The van der Waals surface area contributed by atoms with Crippen LogP contribution in [-0.4, -0.2) is 77.0 Å². The molecule has 2 saturated heterocycles. The highest BCUT2D eigenvalue weighted by Gasteiger charge is 2.44. The molecule has 0 aliphatic carbocycles. The van der Waals surface area contributed by atoms with E-state index in [0.29, 0.717) is 50.8 Å². The Morgan fingerprint density at radius 1 is 0.830 bits per heavy atom. The second-order valence-electron chi connectivity index (χ2n) is 13.5. The van der Waals surface area contributed by atoms with Gasteiger partial charge < -0.3 is 33.2 Å². The predicted octanol–water partition coefficient (Wildman–Crippen LogP) is 7.06. The molecular formula is C36H47N3O7Si. The van der Waals surface area contributed by atoms with Crippen molar-refractivity contribution in [1.29, 1.82) is 0 Å². The third-order valence-electron chi connectivity index (χ3n) is 9.03. The van der Waals surface area contributed by atoms with Gasteiger partial charge in [-0.05, 0) is 41.4 Å². The molecule has 2 heterocycles. The van der Waals surface area contributed by atoms with Gasteiger partial charge in [-0.1, -0.05) is 81.4 Å². The van der Waals surface area contributed by atoms with Gasteiger partial charge in [-0.3, -0.25) is 5.32 Å². The Hall–Kier alpha value is -4.06. The minimum absolute atomic E-state index is 0.0192. The molecule has 1 N–H and O–H groups in total. The highest BCUT2D eigenvalue weighted by Crippen LogP contribution is 2.38. The SMILES string of the molecule is CC(C)(C)[Si](C)(C)OC[C@@H]1O[C@@H]1COc1cc(N2CCN(C(=O)OCc3ccccc3)CC2)ccc1NC(=O)OCc1ccccc1. The van der Waals surface area contributed by atoms with Crippen molar-refractivity contribution in [3.05, 3.63) is 90.0 Å². The van der Waals surface area contributed by atoms with E-state index in [2.05, 4.69) is 44.1 Å². The molecule has 2 atom stereocenters. The number of hydrogen-bond acceptors (Lipinski definition) is 8. The van der Waals surface area contributed by atoms with Crippen LogP contribution in [0.3, 0.4) is 0 Å². The standard InChI is InChI=1S/C36H47N3O7Si/c1-36(2,3)47(4,5)45-26-33-32(46-33)25-42-31-22-29(16-17-30(31)37-34(40)43-23-27-12-8-6-9-13-27)38-18-20-39(21-19-38)35(41)44-24-28-14-10-7-11-15-28/h6-17,22,32-33H,18-21,23-26H2,1-5H3,(H,37,40)/t32-,33+/m1/s1. The molecule has 3 aromatic carbocycles. The zero-order valence-electron chi connectivity index (χ0n) is 28.1. The van der Waals surface area contributed by atoms with Gasteiger partial charge in [0.25, 0.3) is 0 Å². The Balaban J connectivity index is 1.18. The smallest absolute Gasteiger partial charge is 0.412 e. The quantitative estimate of drug-likeness (QED) is 0.163. The fourth-order valence-corrected chi connectivity index (χ4v) is 5.92. The van der Waals surface area contributed by atoms with E-state index in [9.17, 15) is 9.59 Å². The molecule has 3 aromatic rings. The van der Waals surface area contributed by atoms with Gasteiger partial charge in [0.2, 0.25) is 0 Å². The Morgan fingerprint density at radius 2 is 1.43 bits per heavy atom. The minimum Gasteiger partial charge on any atom is -0.489 e. The van der Waals surface area contributed by atoms with Crippen LogP contribution in [0.2, 0.25) is 18.1 Å². The van der Waals surface area contributed by atoms with E-state index in [1.807, 2.05) is 78.9 Å². The van der Waals surface area contributed by atoms with Gasteiger partial charge in [-0.25, -0.2) is 9.59 Å². The molecule has 0 aromatic heterocycles. The van der Waals surface area contributed by atoms with Crippen LogP contribution < -0.4 is 15.0 Å². The molecule has 0 radical (unpaired) electrons. The molecular weight excluding hydrogens is 614 g/mol. The summed E-state index contributed by atoms with van der Waals surface area (Å²) in [6.45, 7) is 14.7. The zero-order valence-corrected chi connectivity index (χ0v) is 29.1. The van der Waals surface area contributed by atoms with E-state index in [-0.39, 0.29) is 36.6 Å². The van der Waals surface area contributed by atoms with Crippen LogP contribution in [-0.2, 0) is 31.9 Å². The molecule has 2 aliphatic rings. The Bertz CT molecular complexity index is 1470. The summed E-state index contributed by atoms with van der Waals surface area (Å²) in [5, 5.41) is 2.97. The predicted molar refractivity (Wildman–Crippen MR) is 184 cm³/mol. The Kier molecular flexibility index (Phi) is 11.1. The van der Waals surface area contributed by atoms with Crippen LogP contribution in [0, 0.1) is 0 Å². The zero-order chi connectivity index (χ0) is 33.4. The Morgan fingerprint density at radius 3 is 2.04 bits per heavy atom. The number of rotatable bonds is 12. The molecule has 5 rings (SSSR count). The minimum atomic E-state index is -1.88. The molecule has 2 aliphatic heterocycles. The van der Waals surface area contributed by atoms with Gasteiger partial charge in [0.1, 0.15) is 37.8 Å². The largest absolute Gasteiger partial charge is 0.489 e.